The molecule has 0 atom stereocenters. The molecule has 20 heavy (non-hydrogen) atoms. The van der Waals surface area contributed by atoms with Gasteiger partial charge in [0.25, 0.3) is 0 Å². The van der Waals surface area contributed by atoms with E-state index in [0.717, 1.165) is 0 Å². The number of carbonyl (C=O) groups is 1. The number of rotatable bonds is 5. The summed E-state index contributed by atoms with van der Waals surface area (Å²) in [5, 5.41) is 4.77. The van der Waals surface area contributed by atoms with Crippen molar-refractivity contribution in [2.45, 2.75) is 25.2 Å². The third-order valence-corrected chi connectivity index (χ3v) is 3.42. The fourth-order valence-electron chi connectivity index (χ4n) is 1.40. The molecule has 0 amide bonds. The zero-order chi connectivity index (χ0) is 15.5. The van der Waals surface area contributed by atoms with Gasteiger partial charge in [-0.1, -0.05) is 13.8 Å². The van der Waals surface area contributed by atoms with Crippen LogP contribution in [0.2, 0.25) is 0 Å². The third-order valence-electron chi connectivity index (χ3n) is 2.49. The summed E-state index contributed by atoms with van der Waals surface area (Å²) in [5.74, 6) is -3.76. The summed E-state index contributed by atoms with van der Waals surface area (Å²) in [6.07, 6.45) is 0.518. The highest BCUT2D eigenvalue weighted by molar-refractivity contribution is 7.89. The number of primary sulfonamides is 1. The molecule has 0 unspecified atom stereocenters. The molecule has 0 aromatic heterocycles. The van der Waals surface area contributed by atoms with Crippen molar-refractivity contribution in [3.05, 3.63) is 29.3 Å². The number of hydrogen-bond donors (Lipinski definition) is 1. The lowest BCUT2D eigenvalue weighted by molar-refractivity contribution is 0.0476. The first-order valence-corrected chi connectivity index (χ1v) is 7.37. The Morgan fingerprint density at radius 2 is 1.95 bits per heavy atom. The van der Waals surface area contributed by atoms with Crippen LogP contribution in [0.3, 0.4) is 0 Å². The monoisotopic (exact) mass is 307 g/mol. The van der Waals surface area contributed by atoms with E-state index in [1.807, 2.05) is 13.8 Å². The molecule has 0 saturated carbocycles. The molecule has 5 nitrogen and oxygen atoms in total. The minimum atomic E-state index is -4.39. The molecule has 0 aliphatic heterocycles. The van der Waals surface area contributed by atoms with Crippen molar-refractivity contribution in [2.75, 3.05) is 6.61 Å². The number of hydrogen-bond acceptors (Lipinski definition) is 4. The molecule has 1 rings (SSSR count). The molecule has 0 heterocycles. The molecule has 0 aliphatic carbocycles. The molecule has 1 aromatic rings. The van der Waals surface area contributed by atoms with Crippen molar-refractivity contribution >= 4 is 16.0 Å². The number of carbonyl (C=O) groups excluding carboxylic acids is 1. The maximum atomic E-state index is 13.9. The predicted molar refractivity (Wildman–Crippen MR) is 67.5 cm³/mol. The fourth-order valence-corrected chi connectivity index (χ4v) is 2.01. The molecule has 0 saturated heterocycles. The van der Waals surface area contributed by atoms with E-state index >= 15 is 0 Å². The maximum Gasteiger partial charge on any atom is 0.344 e. The minimum Gasteiger partial charge on any atom is -0.462 e. The average Bonchev–Trinajstić information content (AvgIpc) is 2.26. The molecule has 0 fully saturated rings. The van der Waals surface area contributed by atoms with Crippen LogP contribution < -0.4 is 5.14 Å². The van der Waals surface area contributed by atoms with Gasteiger partial charge in [0.15, 0.2) is 5.82 Å². The fraction of sp³-hybridized carbons (Fsp3) is 0.417. The van der Waals surface area contributed by atoms with Crippen LogP contribution in [0.4, 0.5) is 8.78 Å². The van der Waals surface area contributed by atoms with Gasteiger partial charge in [0, 0.05) is 0 Å². The first kappa shape index (κ1) is 16.5. The first-order chi connectivity index (χ1) is 9.14. The van der Waals surface area contributed by atoms with Gasteiger partial charge < -0.3 is 4.74 Å². The summed E-state index contributed by atoms with van der Waals surface area (Å²) in [6.45, 7) is 3.75. The van der Waals surface area contributed by atoms with Gasteiger partial charge >= 0.3 is 5.97 Å². The highest BCUT2D eigenvalue weighted by atomic mass is 32.2. The summed E-state index contributed by atoms with van der Waals surface area (Å²) in [5.41, 5.74) is -1.06. The lowest BCUT2D eigenvalue weighted by Crippen LogP contribution is -2.18. The summed E-state index contributed by atoms with van der Waals surface area (Å²) in [6, 6.07) is 1.31. The van der Waals surface area contributed by atoms with Crippen LogP contribution in [0.5, 0.6) is 0 Å². The quantitative estimate of drug-likeness (QED) is 0.841. The van der Waals surface area contributed by atoms with Crippen LogP contribution in [0.15, 0.2) is 17.0 Å². The second kappa shape index (κ2) is 6.27. The zero-order valence-corrected chi connectivity index (χ0v) is 11.8. The Morgan fingerprint density at radius 3 is 2.45 bits per heavy atom. The Balaban J connectivity index is 3.09. The topological polar surface area (TPSA) is 86.5 Å². The third kappa shape index (κ3) is 3.97. The molecule has 8 heteroatoms. The molecule has 112 valence electrons. The molecule has 2 N–H and O–H groups in total. The Kier molecular flexibility index (Phi) is 5.18. The molecule has 0 bridgehead atoms. The Morgan fingerprint density at radius 1 is 1.35 bits per heavy atom. The number of nitrogens with two attached hydrogens (primary N) is 1. The van der Waals surface area contributed by atoms with E-state index in [0.29, 0.717) is 18.6 Å². The van der Waals surface area contributed by atoms with Gasteiger partial charge in [0.05, 0.1) is 6.61 Å². The lowest BCUT2D eigenvalue weighted by atomic mass is 10.1. The van der Waals surface area contributed by atoms with Gasteiger partial charge in [-0.25, -0.2) is 27.1 Å². The van der Waals surface area contributed by atoms with Crippen LogP contribution in [0, 0.1) is 17.6 Å². The molecule has 0 spiro atoms. The summed E-state index contributed by atoms with van der Waals surface area (Å²) >= 11 is 0. The van der Waals surface area contributed by atoms with Crippen LogP contribution in [0.25, 0.3) is 0 Å². The van der Waals surface area contributed by atoms with Gasteiger partial charge in [-0.05, 0) is 24.5 Å². The molecular weight excluding hydrogens is 292 g/mol. The van der Waals surface area contributed by atoms with E-state index in [2.05, 4.69) is 0 Å². The zero-order valence-electron chi connectivity index (χ0n) is 11.0. The number of benzene rings is 1. The Labute approximate surface area is 115 Å². The first-order valence-electron chi connectivity index (χ1n) is 5.82. The summed E-state index contributed by atoms with van der Waals surface area (Å²) in [7, 11) is -4.39. The Bertz CT molecular complexity index is 614. The number of ether oxygens (including phenoxy) is 1. The van der Waals surface area contributed by atoms with Crippen LogP contribution in [-0.2, 0) is 14.8 Å². The van der Waals surface area contributed by atoms with Crippen LogP contribution in [0.1, 0.15) is 30.6 Å². The van der Waals surface area contributed by atoms with Crippen molar-refractivity contribution in [3.63, 3.8) is 0 Å². The second-order valence-corrected chi connectivity index (χ2v) is 6.13. The van der Waals surface area contributed by atoms with E-state index in [9.17, 15) is 22.0 Å². The number of esters is 1. The van der Waals surface area contributed by atoms with E-state index in [1.165, 1.54) is 0 Å². The summed E-state index contributed by atoms with van der Waals surface area (Å²) < 4.78 is 54.3. The molecule has 0 aliphatic rings. The van der Waals surface area contributed by atoms with E-state index in [1.54, 1.807) is 0 Å². The van der Waals surface area contributed by atoms with Crippen molar-refractivity contribution < 1.29 is 26.7 Å². The largest absolute Gasteiger partial charge is 0.462 e. The van der Waals surface area contributed by atoms with Crippen LogP contribution in [-0.4, -0.2) is 21.0 Å². The normalized spacial score (nSPS) is 11.7. The van der Waals surface area contributed by atoms with Crippen molar-refractivity contribution in [1.82, 2.24) is 0 Å². The van der Waals surface area contributed by atoms with Gasteiger partial charge in [-0.15, -0.1) is 0 Å². The van der Waals surface area contributed by atoms with E-state index < -0.39 is 38.1 Å². The lowest BCUT2D eigenvalue weighted by Gasteiger charge is -2.09. The van der Waals surface area contributed by atoms with Gasteiger partial charge in [-0.3, -0.25) is 0 Å². The van der Waals surface area contributed by atoms with E-state index in [-0.39, 0.29) is 12.5 Å². The highest BCUT2D eigenvalue weighted by Crippen LogP contribution is 2.21. The van der Waals surface area contributed by atoms with E-state index in [4.69, 9.17) is 9.88 Å². The van der Waals surface area contributed by atoms with Crippen molar-refractivity contribution in [3.8, 4) is 0 Å². The standard InChI is InChI=1S/C12H15F2NO4S/c1-7(2)5-6-19-12(16)10-8(13)3-4-9(11(10)14)20(15,17)18/h3-4,7H,5-6H2,1-2H3,(H2,15,17,18). The predicted octanol–water partition coefficient (Wildman–Crippen LogP) is 1.82. The average molecular weight is 307 g/mol. The second-order valence-electron chi connectivity index (χ2n) is 4.60. The minimum absolute atomic E-state index is 0.0189. The van der Waals surface area contributed by atoms with Gasteiger partial charge in [0.1, 0.15) is 16.3 Å². The maximum absolute atomic E-state index is 13.9. The van der Waals surface area contributed by atoms with Gasteiger partial charge in [-0.2, -0.15) is 0 Å². The molecule has 1 aromatic carbocycles. The number of halogens is 2. The highest BCUT2D eigenvalue weighted by Gasteiger charge is 2.26. The van der Waals surface area contributed by atoms with Crippen LogP contribution >= 0.6 is 0 Å². The van der Waals surface area contributed by atoms with Crippen molar-refractivity contribution in [1.29, 1.82) is 0 Å². The number of sulfonamides is 1. The molecular formula is C12H15F2NO4S. The SMILES string of the molecule is CC(C)CCOC(=O)c1c(F)ccc(S(N)(=O)=O)c1F. The molecule has 0 radical (unpaired) electrons. The Hall–Kier alpha value is -1.54. The van der Waals surface area contributed by atoms with Crippen molar-refractivity contribution in [2.24, 2.45) is 11.1 Å². The van der Waals surface area contributed by atoms with Gasteiger partial charge in [0.2, 0.25) is 10.0 Å². The summed E-state index contributed by atoms with van der Waals surface area (Å²) in [4.78, 5) is 10.7. The smallest absolute Gasteiger partial charge is 0.344 e.